The van der Waals surface area contributed by atoms with E-state index in [0.29, 0.717) is 11.1 Å². The average Bonchev–Trinajstić information content (AvgIpc) is 2.98. The molecule has 27 heavy (non-hydrogen) atoms. The summed E-state index contributed by atoms with van der Waals surface area (Å²) in [5, 5.41) is 2.24. The van der Waals surface area contributed by atoms with Crippen molar-refractivity contribution >= 4 is 40.0 Å². The van der Waals surface area contributed by atoms with Crippen molar-refractivity contribution < 1.29 is 18.4 Å². The second-order valence-corrected chi connectivity index (χ2v) is 7.37. The first-order valence-electron chi connectivity index (χ1n) is 8.15. The van der Waals surface area contributed by atoms with Crippen LogP contribution in [0.15, 0.2) is 47.5 Å². The molecule has 1 aliphatic rings. The molecule has 2 aromatic rings. The quantitative estimate of drug-likeness (QED) is 0.851. The second-order valence-electron chi connectivity index (χ2n) is 6.18. The molecule has 0 spiro atoms. The second kappa shape index (κ2) is 7.87. The van der Waals surface area contributed by atoms with Gasteiger partial charge in [0, 0.05) is 37.8 Å². The lowest BCUT2D eigenvalue weighted by molar-refractivity contribution is -0.121. The molecule has 5 nitrogen and oxygen atoms in total. The molecule has 0 saturated carbocycles. The Morgan fingerprint density at radius 1 is 1.19 bits per heavy atom. The molecule has 0 aromatic heterocycles. The largest absolute Gasteiger partial charge is 0.378 e. The van der Waals surface area contributed by atoms with Gasteiger partial charge in [-0.25, -0.2) is 13.8 Å². The monoisotopic (exact) mass is 389 g/mol. The topological polar surface area (TPSA) is 61.8 Å². The summed E-state index contributed by atoms with van der Waals surface area (Å²) in [6, 6.07) is 10.4. The fourth-order valence-corrected chi connectivity index (χ4v) is 3.58. The first-order valence-corrected chi connectivity index (χ1v) is 9.03. The molecule has 2 aromatic carbocycles. The van der Waals surface area contributed by atoms with Gasteiger partial charge in [-0.3, -0.25) is 9.59 Å². The molecule has 0 unspecified atom stereocenters. The van der Waals surface area contributed by atoms with Crippen molar-refractivity contribution in [1.82, 2.24) is 0 Å². The number of thioether (sulfide) groups is 1. The van der Waals surface area contributed by atoms with Crippen LogP contribution in [0, 0.1) is 11.6 Å². The molecule has 0 radical (unpaired) electrons. The van der Waals surface area contributed by atoms with Gasteiger partial charge in [-0.1, -0.05) is 23.9 Å². The maximum atomic E-state index is 13.6. The van der Waals surface area contributed by atoms with Crippen LogP contribution in [0.3, 0.4) is 0 Å². The van der Waals surface area contributed by atoms with Crippen LogP contribution < -0.4 is 10.2 Å². The highest BCUT2D eigenvalue weighted by molar-refractivity contribution is 8.16. The molecule has 0 aliphatic carbocycles. The van der Waals surface area contributed by atoms with Crippen LogP contribution in [0.4, 0.5) is 20.2 Å². The van der Waals surface area contributed by atoms with Gasteiger partial charge in [-0.05, 0) is 24.3 Å². The Morgan fingerprint density at radius 3 is 2.52 bits per heavy atom. The molecule has 3 rings (SSSR count). The van der Waals surface area contributed by atoms with Crippen LogP contribution in [0.25, 0.3) is 0 Å². The van der Waals surface area contributed by atoms with Crippen LogP contribution >= 0.6 is 11.8 Å². The highest BCUT2D eigenvalue weighted by Crippen LogP contribution is 2.30. The zero-order chi connectivity index (χ0) is 19.6. The van der Waals surface area contributed by atoms with Crippen LogP contribution in [-0.4, -0.2) is 36.2 Å². The van der Waals surface area contributed by atoms with Crippen molar-refractivity contribution in [3.8, 4) is 0 Å². The number of hydrogen-bond donors (Lipinski definition) is 1. The van der Waals surface area contributed by atoms with Crippen molar-refractivity contribution in [2.75, 3.05) is 24.3 Å². The number of aliphatic imine (C=N–C) groups is 1. The SMILES string of the molecule is CN(C)c1ccc(C2=NC(=O)[C@H](CC(=O)Nc3ccc(F)cc3F)S2)cc1. The number of nitrogens with one attached hydrogen (secondary N) is 1. The van der Waals surface area contributed by atoms with Crippen LogP contribution in [0.1, 0.15) is 12.0 Å². The van der Waals surface area contributed by atoms with Gasteiger partial charge in [0.25, 0.3) is 5.91 Å². The molecular weight excluding hydrogens is 372 g/mol. The maximum absolute atomic E-state index is 13.6. The normalized spacial score (nSPS) is 16.2. The van der Waals surface area contributed by atoms with Crippen molar-refractivity contribution in [2.24, 2.45) is 4.99 Å². The Morgan fingerprint density at radius 2 is 1.89 bits per heavy atom. The third kappa shape index (κ3) is 4.51. The van der Waals surface area contributed by atoms with Gasteiger partial charge >= 0.3 is 0 Å². The summed E-state index contributed by atoms with van der Waals surface area (Å²) in [6.07, 6.45) is -0.150. The van der Waals surface area contributed by atoms with Gasteiger partial charge in [0.15, 0.2) is 0 Å². The summed E-state index contributed by atoms with van der Waals surface area (Å²) < 4.78 is 26.5. The number of benzene rings is 2. The molecule has 1 N–H and O–H groups in total. The predicted molar refractivity (Wildman–Crippen MR) is 103 cm³/mol. The van der Waals surface area contributed by atoms with E-state index in [1.54, 1.807) is 0 Å². The molecule has 0 fully saturated rings. The zero-order valence-electron chi connectivity index (χ0n) is 14.7. The molecule has 1 aliphatic heterocycles. The lowest BCUT2D eigenvalue weighted by atomic mass is 10.2. The van der Waals surface area contributed by atoms with E-state index in [4.69, 9.17) is 0 Å². The van der Waals surface area contributed by atoms with Crippen LogP contribution in [-0.2, 0) is 9.59 Å². The maximum Gasteiger partial charge on any atom is 0.260 e. The molecule has 8 heteroatoms. The number of carbonyl (C=O) groups excluding carboxylic acids is 2. The highest BCUT2D eigenvalue weighted by Gasteiger charge is 2.31. The third-order valence-corrected chi connectivity index (χ3v) is 5.15. The molecule has 0 saturated heterocycles. The van der Waals surface area contributed by atoms with Crippen molar-refractivity contribution in [3.05, 3.63) is 59.7 Å². The Bertz CT molecular complexity index is 914. The summed E-state index contributed by atoms with van der Waals surface area (Å²) in [7, 11) is 3.86. The van der Waals surface area contributed by atoms with Crippen LogP contribution in [0.2, 0.25) is 0 Å². The number of hydrogen-bond acceptors (Lipinski definition) is 4. The Hall–Kier alpha value is -2.74. The van der Waals surface area contributed by atoms with E-state index in [1.807, 2.05) is 43.3 Å². The lowest BCUT2D eigenvalue weighted by Gasteiger charge is -2.12. The van der Waals surface area contributed by atoms with Crippen molar-refractivity contribution in [3.63, 3.8) is 0 Å². The Labute approximate surface area is 159 Å². The minimum atomic E-state index is -0.869. The Balaban J connectivity index is 1.62. The summed E-state index contributed by atoms with van der Waals surface area (Å²) in [5.74, 6) is -2.54. The van der Waals surface area contributed by atoms with Gasteiger partial charge in [-0.2, -0.15) is 0 Å². The molecule has 0 bridgehead atoms. The number of rotatable bonds is 5. The van der Waals surface area contributed by atoms with E-state index >= 15 is 0 Å². The summed E-state index contributed by atoms with van der Waals surface area (Å²) in [6.45, 7) is 0. The van der Waals surface area contributed by atoms with Gasteiger partial charge < -0.3 is 10.2 Å². The highest BCUT2D eigenvalue weighted by atomic mass is 32.2. The van der Waals surface area contributed by atoms with Gasteiger partial charge in [-0.15, -0.1) is 0 Å². The average molecular weight is 389 g/mol. The molecule has 1 heterocycles. The number of anilines is 2. The van der Waals surface area contributed by atoms with E-state index in [0.717, 1.165) is 23.4 Å². The van der Waals surface area contributed by atoms with E-state index < -0.39 is 28.7 Å². The van der Waals surface area contributed by atoms with Crippen molar-refractivity contribution in [1.29, 1.82) is 0 Å². The molecule has 140 valence electrons. The van der Waals surface area contributed by atoms with E-state index in [9.17, 15) is 18.4 Å². The minimum absolute atomic E-state index is 0.128. The number of carbonyl (C=O) groups is 2. The fraction of sp³-hybridized carbons (Fsp3) is 0.211. The smallest absolute Gasteiger partial charge is 0.260 e. The predicted octanol–water partition coefficient (Wildman–Crippen LogP) is 3.45. The summed E-state index contributed by atoms with van der Waals surface area (Å²) in [5.41, 5.74) is 1.69. The third-order valence-electron chi connectivity index (χ3n) is 3.95. The van der Waals surface area contributed by atoms with Crippen LogP contribution in [0.5, 0.6) is 0 Å². The first-order chi connectivity index (χ1) is 12.8. The van der Waals surface area contributed by atoms with E-state index in [-0.39, 0.29) is 12.1 Å². The zero-order valence-corrected chi connectivity index (χ0v) is 15.5. The minimum Gasteiger partial charge on any atom is -0.378 e. The van der Waals surface area contributed by atoms with E-state index in [2.05, 4.69) is 10.3 Å². The summed E-state index contributed by atoms with van der Waals surface area (Å²) >= 11 is 1.20. The molecule has 2 amide bonds. The number of amides is 2. The number of nitrogens with zero attached hydrogens (tertiary/aromatic N) is 2. The fourth-order valence-electron chi connectivity index (χ4n) is 2.51. The van der Waals surface area contributed by atoms with Gasteiger partial charge in [0.05, 0.1) is 5.69 Å². The van der Waals surface area contributed by atoms with Gasteiger partial charge in [0.2, 0.25) is 5.91 Å². The van der Waals surface area contributed by atoms with Crippen molar-refractivity contribution in [2.45, 2.75) is 11.7 Å². The lowest BCUT2D eigenvalue weighted by Crippen LogP contribution is -2.21. The molecule has 1 atom stereocenters. The Kier molecular flexibility index (Phi) is 5.55. The molecular formula is C19H17F2N3O2S. The standard InChI is InChI=1S/C19H17F2N3O2S/c1-24(2)13-6-3-11(4-7-13)19-23-18(26)16(27-19)10-17(25)22-15-8-5-12(20)9-14(15)21/h3-9,16H,10H2,1-2H3,(H,22,25)/t16-/m0/s1. The summed E-state index contributed by atoms with van der Waals surface area (Å²) in [4.78, 5) is 30.2. The number of halogens is 2. The van der Waals surface area contributed by atoms with Gasteiger partial charge in [0.1, 0.15) is 21.9 Å². The van der Waals surface area contributed by atoms with E-state index in [1.165, 1.54) is 11.8 Å². The first kappa shape index (κ1) is 19.0.